The molecule has 2 aromatic carbocycles. The molecule has 0 amide bonds. The minimum absolute atomic E-state index is 0.155. The van der Waals surface area contributed by atoms with E-state index in [4.69, 9.17) is 0 Å². The van der Waals surface area contributed by atoms with E-state index < -0.39 is 22.1 Å². The van der Waals surface area contributed by atoms with Crippen molar-refractivity contribution in [3.05, 3.63) is 75.0 Å². The van der Waals surface area contributed by atoms with Gasteiger partial charge in [-0.2, -0.15) is 5.26 Å². The molecule has 0 saturated carbocycles. The topological polar surface area (TPSA) is 120 Å². The minimum atomic E-state index is -0.730. The number of aryl methyl sites for hydroxylation is 1. The molecule has 7 heteroatoms. The molecule has 0 radical (unpaired) electrons. The lowest BCUT2D eigenvalue weighted by molar-refractivity contribution is -0.385. The van der Waals surface area contributed by atoms with Gasteiger partial charge in [0, 0.05) is 28.7 Å². The van der Waals surface area contributed by atoms with E-state index in [1.54, 1.807) is 12.3 Å². The molecule has 0 aliphatic carbocycles. The normalized spacial score (nSPS) is 11.3. The standard InChI is InChI=1S/C20H15N3O4/c1-2-13-4-3-5-15-16(11-22-19(13)15)20(25)14(10-21)8-12-6-7-18(24)17(9-12)23(26)27/h3-9,11,22,24H,2H2,1H3/b14-8+. The van der Waals surface area contributed by atoms with Crippen LogP contribution in [0.1, 0.15) is 28.4 Å². The molecule has 27 heavy (non-hydrogen) atoms. The van der Waals surface area contributed by atoms with E-state index in [0.29, 0.717) is 5.56 Å². The van der Waals surface area contributed by atoms with Crippen LogP contribution >= 0.6 is 0 Å². The predicted octanol–water partition coefficient (Wildman–Crippen LogP) is 4.13. The van der Waals surface area contributed by atoms with E-state index in [1.165, 1.54) is 12.1 Å². The Hall–Kier alpha value is -3.92. The summed E-state index contributed by atoms with van der Waals surface area (Å²) in [5.74, 6) is -0.960. The molecule has 0 spiro atoms. The van der Waals surface area contributed by atoms with E-state index in [9.17, 15) is 25.3 Å². The maximum atomic E-state index is 12.8. The van der Waals surface area contributed by atoms with Crippen molar-refractivity contribution in [2.24, 2.45) is 0 Å². The second kappa shape index (κ2) is 7.14. The van der Waals surface area contributed by atoms with Crippen LogP contribution in [0.5, 0.6) is 5.75 Å². The number of benzene rings is 2. The smallest absolute Gasteiger partial charge is 0.311 e. The number of nitriles is 1. The second-order valence-corrected chi connectivity index (χ2v) is 5.90. The molecule has 2 N–H and O–H groups in total. The number of phenols is 1. The monoisotopic (exact) mass is 361 g/mol. The van der Waals surface area contributed by atoms with Crippen LogP contribution in [0.25, 0.3) is 17.0 Å². The number of aromatic amines is 1. The van der Waals surface area contributed by atoms with Gasteiger partial charge in [-0.15, -0.1) is 0 Å². The number of ketones is 1. The Morgan fingerprint density at radius 2 is 2.15 bits per heavy atom. The number of rotatable bonds is 5. The number of hydrogen-bond acceptors (Lipinski definition) is 5. The molecule has 1 aromatic heterocycles. The summed E-state index contributed by atoms with van der Waals surface area (Å²) in [5.41, 5.74) is 1.90. The molecular weight excluding hydrogens is 346 g/mol. The van der Waals surface area contributed by atoms with E-state index in [1.807, 2.05) is 25.1 Å². The molecule has 0 saturated heterocycles. The van der Waals surface area contributed by atoms with Gasteiger partial charge in [0.25, 0.3) is 0 Å². The van der Waals surface area contributed by atoms with Crippen LogP contribution in [0.15, 0.2) is 48.2 Å². The van der Waals surface area contributed by atoms with Crippen LogP contribution in [-0.4, -0.2) is 20.8 Å². The highest BCUT2D eigenvalue weighted by atomic mass is 16.6. The fourth-order valence-electron chi connectivity index (χ4n) is 2.94. The van der Waals surface area contributed by atoms with Crippen molar-refractivity contribution in [1.82, 2.24) is 4.98 Å². The molecule has 0 bridgehead atoms. The first-order valence-corrected chi connectivity index (χ1v) is 8.19. The fourth-order valence-corrected chi connectivity index (χ4v) is 2.94. The van der Waals surface area contributed by atoms with Gasteiger partial charge in [-0.1, -0.05) is 31.2 Å². The number of aromatic hydroxyl groups is 1. The molecule has 7 nitrogen and oxygen atoms in total. The van der Waals surface area contributed by atoms with E-state index >= 15 is 0 Å². The van der Waals surface area contributed by atoms with Crippen LogP contribution < -0.4 is 0 Å². The van der Waals surface area contributed by atoms with Gasteiger partial charge in [-0.25, -0.2) is 0 Å². The number of carbonyl (C=O) groups is 1. The minimum Gasteiger partial charge on any atom is -0.502 e. The van der Waals surface area contributed by atoms with Crippen molar-refractivity contribution in [3.8, 4) is 11.8 Å². The largest absolute Gasteiger partial charge is 0.502 e. The Kier molecular flexibility index (Phi) is 4.73. The number of fused-ring (bicyclic) bond motifs is 1. The first kappa shape index (κ1) is 17.9. The molecule has 0 unspecified atom stereocenters. The van der Waals surface area contributed by atoms with Crippen LogP contribution in [0, 0.1) is 21.4 Å². The zero-order valence-corrected chi connectivity index (χ0v) is 14.4. The van der Waals surface area contributed by atoms with Gasteiger partial charge in [-0.05, 0) is 29.7 Å². The average Bonchev–Trinajstić information content (AvgIpc) is 3.10. The zero-order chi connectivity index (χ0) is 19.6. The maximum absolute atomic E-state index is 12.8. The summed E-state index contributed by atoms with van der Waals surface area (Å²) in [6, 6.07) is 11.1. The lowest BCUT2D eigenvalue weighted by atomic mass is 9.99. The summed E-state index contributed by atoms with van der Waals surface area (Å²) >= 11 is 0. The summed E-state index contributed by atoms with van der Waals surface area (Å²) in [6.45, 7) is 2.01. The summed E-state index contributed by atoms with van der Waals surface area (Å²) in [4.78, 5) is 26.1. The van der Waals surface area contributed by atoms with E-state index in [2.05, 4.69) is 4.98 Å². The Balaban J connectivity index is 2.05. The Bertz CT molecular complexity index is 1140. The van der Waals surface area contributed by atoms with E-state index in [-0.39, 0.29) is 11.1 Å². The lowest BCUT2D eigenvalue weighted by Crippen LogP contribution is -2.01. The molecule has 134 valence electrons. The summed E-state index contributed by atoms with van der Waals surface area (Å²) < 4.78 is 0. The quantitative estimate of drug-likeness (QED) is 0.233. The van der Waals surface area contributed by atoms with Gasteiger partial charge in [0.05, 0.1) is 4.92 Å². The molecule has 3 aromatic rings. The molecule has 0 aliphatic heterocycles. The number of allylic oxidation sites excluding steroid dienone is 1. The van der Waals surface area contributed by atoms with Crippen LogP contribution in [0.4, 0.5) is 5.69 Å². The third-order valence-corrected chi connectivity index (χ3v) is 4.30. The molecule has 0 aliphatic rings. The van der Waals surface area contributed by atoms with Crippen molar-refractivity contribution < 1.29 is 14.8 Å². The highest BCUT2D eigenvalue weighted by Crippen LogP contribution is 2.28. The number of aromatic nitrogens is 1. The number of hydrogen-bond donors (Lipinski definition) is 2. The van der Waals surface area contributed by atoms with Crippen molar-refractivity contribution in [1.29, 1.82) is 5.26 Å². The number of nitro benzene ring substituents is 1. The first-order valence-electron chi connectivity index (χ1n) is 8.19. The predicted molar refractivity (Wildman–Crippen MR) is 100 cm³/mol. The number of carbonyl (C=O) groups excluding carboxylic acids is 1. The number of nitrogens with zero attached hydrogens (tertiary/aromatic N) is 2. The fraction of sp³-hybridized carbons (Fsp3) is 0.100. The van der Waals surface area contributed by atoms with Crippen LogP contribution in [0.3, 0.4) is 0 Å². The van der Waals surface area contributed by atoms with Gasteiger partial charge in [0.15, 0.2) is 5.75 Å². The Labute approximate surface area is 154 Å². The van der Waals surface area contributed by atoms with Crippen molar-refractivity contribution in [3.63, 3.8) is 0 Å². The molecule has 0 fully saturated rings. The molecule has 1 heterocycles. The number of nitro groups is 1. The third-order valence-electron chi connectivity index (χ3n) is 4.30. The molecule has 3 rings (SSSR count). The van der Waals surface area contributed by atoms with Gasteiger partial charge >= 0.3 is 5.69 Å². The van der Waals surface area contributed by atoms with E-state index in [0.717, 1.165) is 35.0 Å². The first-order chi connectivity index (χ1) is 13.0. The van der Waals surface area contributed by atoms with Crippen LogP contribution in [-0.2, 0) is 6.42 Å². The van der Waals surface area contributed by atoms with Gasteiger partial charge < -0.3 is 10.1 Å². The summed E-state index contributed by atoms with van der Waals surface area (Å²) in [6.07, 6.45) is 3.64. The highest BCUT2D eigenvalue weighted by molar-refractivity contribution is 6.20. The number of nitrogens with one attached hydrogen (secondary N) is 1. The van der Waals surface area contributed by atoms with Crippen molar-refractivity contribution in [2.45, 2.75) is 13.3 Å². The Morgan fingerprint density at radius 3 is 2.81 bits per heavy atom. The van der Waals surface area contributed by atoms with Crippen molar-refractivity contribution >= 4 is 28.4 Å². The SMILES string of the molecule is CCc1cccc2c(C(=O)/C(C#N)=C/c3ccc(O)c([N+](=O)[O-])c3)c[nH]c12. The van der Waals surface area contributed by atoms with Crippen LogP contribution in [0.2, 0.25) is 0 Å². The van der Waals surface area contributed by atoms with Crippen molar-refractivity contribution in [2.75, 3.05) is 0 Å². The third kappa shape index (κ3) is 3.28. The summed E-state index contributed by atoms with van der Waals surface area (Å²) in [5, 5.41) is 30.6. The number of Topliss-reactive ketones (excluding diaryl/α,β-unsaturated/α-hetero) is 1. The molecular formula is C20H15N3O4. The second-order valence-electron chi connectivity index (χ2n) is 5.90. The van der Waals surface area contributed by atoms with Gasteiger partial charge in [0.1, 0.15) is 11.6 Å². The number of H-pyrrole nitrogens is 1. The molecule has 0 atom stereocenters. The number of para-hydroxylation sites is 1. The number of phenolic OH excluding ortho intramolecular Hbond substituents is 1. The van der Waals surface area contributed by atoms with Gasteiger partial charge in [0.2, 0.25) is 5.78 Å². The summed E-state index contributed by atoms with van der Waals surface area (Å²) in [7, 11) is 0. The highest BCUT2D eigenvalue weighted by Gasteiger charge is 2.19. The Morgan fingerprint density at radius 1 is 1.37 bits per heavy atom. The maximum Gasteiger partial charge on any atom is 0.311 e. The average molecular weight is 361 g/mol. The van der Waals surface area contributed by atoms with Gasteiger partial charge in [-0.3, -0.25) is 14.9 Å². The zero-order valence-electron chi connectivity index (χ0n) is 14.4. The lowest BCUT2D eigenvalue weighted by Gasteiger charge is -2.02.